The van der Waals surface area contributed by atoms with E-state index in [0.29, 0.717) is 31.5 Å². The van der Waals surface area contributed by atoms with E-state index in [1.807, 2.05) is 17.0 Å². The van der Waals surface area contributed by atoms with Crippen molar-refractivity contribution in [3.63, 3.8) is 0 Å². The van der Waals surface area contributed by atoms with Crippen LogP contribution in [0, 0.1) is 11.3 Å². The Morgan fingerprint density at radius 3 is 2.95 bits per heavy atom. The number of nitrogens with zero attached hydrogens (tertiary/aromatic N) is 3. The molecule has 2 heterocycles. The van der Waals surface area contributed by atoms with Crippen LogP contribution < -0.4 is 0 Å². The first-order valence-electron chi connectivity index (χ1n) is 6.95. The second-order valence-electron chi connectivity index (χ2n) is 5.15. The lowest BCUT2D eigenvalue weighted by atomic mass is 10.1. The van der Waals surface area contributed by atoms with Crippen LogP contribution in [0.4, 0.5) is 0 Å². The first kappa shape index (κ1) is 13.4. The Kier molecular flexibility index (Phi) is 3.69. The van der Waals surface area contributed by atoms with Crippen LogP contribution in [0.3, 0.4) is 0 Å². The van der Waals surface area contributed by atoms with Gasteiger partial charge >= 0.3 is 0 Å². The molecule has 0 N–H and O–H groups in total. The Balaban J connectivity index is 1.56. The summed E-state index contributed by atoms with van der Waals surface area (Å²) in [6.07, 6.45) is 3.59. The fourth-order valence-electron chi connectivity index (χ4n) is 2.51. The number of hydrogen-bond donors (Lipinski definition) is 0. The van der Waals surface area contributed by atoms with Crippen LogP contribution in [0.2, 0.25) is 0 Å². The van der Waals surface area contributed by atoms with E-state index >= 15 is 0 Å². The van der Waals surface area contributed by atoms with Crippen molar-refractivity contribution in [2.45, 2.75) is 25.8 Å². The summed E-state index contributed by atoms with van der Waals surface area (Å²) in [6.45, 7) is 1.28. The lowest BCUT2D eigenvalue weighted by Gasteiger charge is -2.25. The zero-order valence-corrected chi connectivity index (χ0v) is 11.6. The minimum absolute atomic E-state index is 0.145. The average molecular weight is 281 g/mol. The fourth-order valence-corrected chi connectivity index (χ4v) is 2.51. The predicted octanol–water partition coefficient (Wildman–Crippen LogP) is 2.06. The Morgan fingerprint density at radius 1 is 1.38 bits per heavy atom. The Hall–Kier alpha value is -2.61. The highest BCUT2D eigenvalue weighted by atomic mass is 16.5. The molecule has 0 bridgehead atoms. The van der Waals surface area contributed by atoms with Crippen LogP contribution in [0.15, 0.2) is 35.0 Å². The van der Waals surface area contributed by atoms with Crippen molar-refractivity contribution >= 4 is 5.91 Å². The maximum Gasteiger partial charge on any atom is 0.223 e. The molecule has 0 fully saturated rings. The first-order chi connectivity index (χ1) is 10.3. The highest BCUT2D eigenvalue weighted by molar-refractivity contribution is 5.76. The third-order valence-corrected chi connectivity index (χ3v) is 3.76. The van der Waals surface area contributed by atoms with Gasteiger partial charge in [0.1, 0.15) is 5.76 Å². The minimum atomic E-state index is 0.145. The van der Waals surface area contributed by atoms with Crippen molar-refractivity contribution in [2.75, 3.05) is 6.54 Å². The molecule has 0 atom stereocenters. The largest absolute Gasteiger partial charge is 0.361 e. The van der Waals surface area contributed by atoms with Crippen LogP contribution in [0.25, 0.3) is 0 Å². The number of benzene rings is 1. The molecule has 1 aromatic carbocycles. The number of fused-ring (bicyclic) bond motifs is 1. The number of aryl methyl sites for hydroxylation is 1. The van der Waals surface area contributed by atoms with Crippen molar-refractivity contribution in [3.8, 4) is 6.07 Å². The summed E-state index contributed by atoms with van der Waals surface area (Å²) in [6, 6.07) is 9.46. The van der Waals surface area contributed by atoms with Gasteiger partial charge in [0.25, 0.3) is 0 Å². The van der Waals surface area contributed by atoms with Crippen LogP contribution in [0.1, 0.15) is 28.9 Å². The number of carbonyl (C=O) groups excluding carboxylic acids is 1. The van der Waals surface area contributed by atoms with Crippen LogP contribution in [0.5, 0.6) is 0 Å². The van der Waals surface area contributed by atoms with E-state index in [4.69, 9.17) is 9.78 Å². The van der Waals surface area contributed by atoms with Gasteiger partial charge in [-0.2, -0.15) is 5.26 Å². The minimum Gasteiger partial charge on any atom is -0.361 e. The smallest absolute Gasteiger partial charge is 0.223 e. The van der Waals surface area contributed by atoms with Crippen molar-refractivity contribution in [1.29, 1.82) is 5.26 Å². The molecule has 0 saturated heterocycles. The van der Waals surface area contributed by atoms with E-state index in [2.05, 4.69) is 11.2 Å². The van der Waals surface area contributed by atoms with Crippen molar-refractivity contribution in [2.24, 2.45) is 0 Å². The molecule has 106 valence electrons. The highest BCUT2D eigenvalue weighted by Crippen LogP contribution is 2.19. The predicted molar refractivity (Wildman–Crippen MR) is 75.1 cm³/mol. The number of hydrogen-bond acceptors (Lipinski definition) is 4. The topological polar surface area (TPSA) is 70.1 Å². The van der Waals surface area contributed by atoms with E-state index in [-0.39, 0.29) is 5.91 Å². The second kappa shape index (κ2) is 5.80. The Labute approximate surface area is 122 Å². The number of aromatic nitrogens is 1. The van der Waals surface area contributed by atoms with Gasteiger partial charge in [-0.1, -0.05) is 17.3 Å². The highest BCUT2D eigenvalue weighted by Gasteiger charge is 2.23. The van der Waals surface area contributed by atoms with Gasteiger partial charge in [-0.3, -0.25) is 4.79 Å². The van der Waals surface area contributed by atoms with E-state index in [1.54, 1.807) is 18.3 Å². The molecule has 1 aliphatic heterocycles. The van der Waals surface area contributed by atoms with Crippen molar-refractivity contribution in [1.82, 2.24) is 10.1 Å². The molecule has 5 heteroatoms. The van der Waals surface area contributed by atoms with Gasteiger partial charge in [0.15, 0.2) is 0 Å². The number of carbonyl (C=O) groups is 1. The SMILES string of the molecule is N#Cc1ccc(CCC(=O)N2CCc3oncc3C2)cc1. The van der Waals surface area contributed by atoms with Gasteiger partial charge in [0.05, 0.1) is 24.4 Å². The Morgan fingerprint density at radius 2 is 2.19 bits per heavy atom. The Bertz CT molecular complexity index is 682. The lowest BCUT2D eigenvalue weighted by molar-refractivity contribution is -0.132. The van der Waals surface area contributed by atoms with Crippen LogP contribution in [-0.2, 0) is 24.2 Å². The molecule has 1 amide bonds. The molecule has 0 saturated carbocycles. The van der Waals surface area contributed by atoms with E-state index < -0.39 is 0 Å². The lowest BCUT2D eigenvalue weighted by Crippen LogP contribution is -2.35. The van der Waals surface area contributed by atoms with Gasteiger partial charge in [-0.15, -0.1) is 0 Å². The molecule has 3 rings (SSSR count). The summed E-state index contributed by atoms with van der Waals surface area (Å²) in [5.41, 5.74) is 2.72. The molecule has 0 spiro atoms. The maximum atomic E-state index is 12.2. The van der Waals surface area contributed by atoms with Crippen molar-refractivity contribution in [3.05, 3.63) is 52.9 Å². The third kappa shape index (κ3) is 2.95. The molecular weight excluding hydrogens is 266 g/mol. The normalized spacial score (nSPS) is 13.6. The number of nitriles is 1. The molecular formula is C16H15N3O2. The molecule has 0 unspecified atom stereocenters. The van der Waals surface area contributed by atoms with Gasteiger partial charge in [-0.25, -0.2) is 0 Å². The van der Waals surface area contributed by atoms with E-state index in [1.165, 1.54) is 0 Å². The molecule has 1 aromatic heterocycles. The molecule has 1 aliphatic rings. The second-order valence-corrected chi connectivity index (χ2v) is 5.15. The monoisotopic (exact) mass is 281 g/mol. The molecule has 5 nitrogen and oxygen atoms in total. The van der Waals surface area contributed by atoms with Gasteiger partial charge in [0, 0.05) is 24.9 Å². The summed E-state index contributed by atoms with van der Waals surface area (Å²) in [7, 11) is 0. The average Bonchev–Trinajstić information content (AvgIpc) is 3.00. The standard InChI is InChI=1S/C16H15N3O2/c17-9-13-3-1-12(2-4-13)5-6-16(20)19-8-7-15-14(11-19)10-18-21-15/h1-4,10H,5-8,11H2. The summed E-state index contributed by atoms with van der Waals surface area (Å²) in [5, 5.41) is 12.5. The fraction of sp³-hybridized carbons (Fsp3) is 0.312. The zero-order chi connectivity index (χ0) is 14.7. The molecule has 0 radical (unpaired) electrons. The molecule has 0 aliphatic carbocycles. The molecule has 21 heavy (non-hydrogen) atoms. The van der Waals surface area contributed by atoms with Crippen LogP contribution in [-0.4, -0.2) is 22.5 Å². The zero-order valence-electron chi connectivity index (χ0n) is 11.6. The first-order valence-corrected chi connectivity index (χ1v) is 6.95. The van der Waals surface area contributed by atoms with Gasteiger partial charge in [-0.05, 0) is 24.1 Å². The quantitative estimate of drug-likeness (QED) is 0.863. The van der Waals surface area contributed by atoms with Crippen molar-refractivity contribution < 1.29 is 9.32 Å². The van der Waals surface area contributed by atoms with E-state index in [9.17, 15) is 4.79 Å². The van der Waals surface area contributed by atoms with Gasteiger partial charge < -0.3 is 9.42 Å². The number of rotatable bonds is 3. The summed E-state index contributed by atoms with van der Waals surface area (Å²) in [4.78, 5) is 14.1. The van der Waals surface area contributed by atoms with E-state index in [0.717, 1.165) is 23.3 Å². The van der Waals surface area contributed by atoms with Crippen LogP contribution >= 0.6 is 0 Å². The number of amides is 1. The third-order valence-electron chi connectivity index (χ3n) is 3.76. The summed E-state index contributed by atoms with van der Waals surface area (Å²) < 4.78 is 5.12. The maximum absolute atomic E-state index is 12.2. The summed E-state index contributed by atoms with van der Waals surface area (Å²) >= 11 is 0. The summed E-state index contributed by atoms with van der Waals surface area (Å²) in [5.74, 6) is 1.04. The molecule has 2 aromatic rings. The van der Waals surface area contributed by atoms with Gasteiger partial charge in [0.2, 0.25) is 5.91 Å².